The number of hydrogen-bond acceptors (Lipinski definition) is 5. The van der Waals surface area contributed by atoms with Gasteiger partial charge in [-0.15, -0.1) is 17.9 Å². The summed E-state index contributed by atoms with van der Waals surface area (Å²) >= 11 is 2.73. The molecule has 1 amide bonds. The van der Waals surface area contributed by atoms with Crippen molar-refractivity contribution in [2.24, 2.45) is 0 Å². The first-order valence-corrected chi connectivity index (χ1v) is 12.9. The largest absolute Gasteiger partial charge is 0.325 e. The Bertz CT molecular complexity index is 1410. The van der Waals surface area contributed by atoms with Gasteiger partial charge < -0.3 is 5.32 Å². The molecule has 0 saturated carbocycles. The predicted molar refractivity (Wildman–Crippen MR) is 144 cm³/mol. The van der Waals surface area contributed by atoms with E-state index in [2.05, 4.69) is 18.8 Å². The van der Waals surface area contributed by atoms with Gasteiger partial charge in [0.2, 0.25) is 5.91 Å². The summed E-state index contributed by atoms with van der Waals surface area (Å²) in [6.07, 6.45) is 2.51. The number of thiophene rings is 1. The van der Waals surface area contributed by atoms with E-state index in [1.54, 1.807) is 10.6 Å². The van der Waals surface area contributed by atoms with Gasteiger partial charge in [-0.3, -0.25) is 14.2 Å². The summed E-state index contributed by atoms with van der Waals surface area (Å²) in [6.45, 7) is 10.0. The third kappa shape index (κ3) is 4.72. The molecule has 1 unspecified atom stereocenters. The van der Waals surface area contributed by atoms with Crippen LogP contribution in [0.1, 0.15) is 25.0 Å². The summed E-state index contributed by atoms with van der Waals surface area (Å²) in [7, 11) is 0. The number of aromatic nitrogens is 2. The molecule has 0 bridgehead atoms. The van der Waals surface area contributed by atoms with Crippen LogP contribution in [0, 0.1) is 6.92 Å². The summed E-state index contributed by atoms with van der Waals surface area (Å²) in [6, 6.07) is 15.9. The molecule has 0 aliphatic carbocycles. The van der Waals surface area contributed by atoms with Crippen LogP contribution in [0.2, 0.25) is 0 Å². The average molecular weight is 490 g/mol. The van der Waals surface area contributed by atoms with E-state index < -0.39 is 5.25 Å². The Kier molecular flexibility index (Phi) is 7.34. The van der Waals surface area contributed by atoms with Gasteiger partial charge in [0, 0.05) is 23.2 Å². The number of aryl methyl sites for hydroxylation is 2. The highest BCUT2D eigenvalue weighted by atomic mass is 32.2. The van der Waals surface area contributed by atoms with E-state index in [1.165, 1.54) is 23.1 Å². The van der Waals surface area contributed by atoms with Gasteiger partial charge in [-0.2, -0.15) is 0 Å². The maximum atomic E-state index is 13.5. The molecular weight excluding hydrogens is 462 g/mol. The van der Waals surface area contributed by atoms with Gasteiger partial charge in [-0.25, -0.2) is 4.98 Å². The average Bonchev–Trinajstić information content (AvgIpc) is 3.27. The normalized spacial score (nSPS) is 12.0. The highest BCUT2D eigenvalue weighted by molar-refractivity contribution is 8.00. The number of allylic oxidation sites excluding steroid dienone is 1. The molecule has 2 aromatic carbocycles. The van der Waals surface area contributed by atoms with Crippen molar-refractivity contribution in [1.29, 1.82) is 0 Å². The fourth-order valence-corrected chi connectivity index (χ4v) is 5.76. The number of anilines is 1. The van der Waals surface area contributed by atoms with Crippen LogP contribution in [-0.4, -0.2) is 20.7 Å². The first-order valence-electron chi connectivity index (χ1n) is 11.2. The van der Waals surface area contributed by atoms with Crippen molar-refractivity contribution in [1.82, 2.24) is 9.55 Å². The smallest absolute Gasteiger partial charge is 0.263 e. The zero-order valence-electron chi connectivity index (χ0n) is 19.5. The minimum atomic E-state index is -0.446. The zero-order chi connectivity index (χ0) is 24.2. The van der Waals surface area contributed by atoms with Crippen molar-refractivity contribution in [2.45, 2.75) is 44.1 Å². The molecule has 0 fully saturated rings. The molecule has 2 heterocycles. The van der Waals surface area contributed by atoms with Crippen molar-refractivity contribution in [3.05, 3.63) is 88.0 Å². The predicted octanol–water partition coefficient (Wildman–Crippen LogP) is 6.30. The number of fused-ring (bicyclic) bond motifs is 1. The summed E-state index contributed by atoms with van der Waals surface area (Å²) in [5.41, 5.74) is 4.73. The van der Waals surface area contributed by atoms with E-state index in [1.807, 2.05) is 67.8 Å². The number of nitrogens with zero attached hydrogens (tertiary/aromatic N) is 2. The summed E-state index contributed by atoms with van der Waals surface area (Å²) in [4.78, 5) is 32.1. The minimum absolute atomic E-state index is 0.118. The molecule has 174 valence electrons. The van der Waals surface area contributed by atoms with Gasteiger partial charge in [0.05, 0.1) is 10.6 Å². The number of thioether (sulfide) groups is 1. The highest BCUT2D eigenvalue weighted by Crippen LogP contribution is 2.33. The van der Waals surface area contributed by atoms with Gasteiger partial charge >= 0.3 is 0 Å². The SMILES string of the molecule is C=CCn1c(SC(C)C(=O)Nc2c(C)cccc2CC)nc2scc(-c3ccccc3)c2c1=O. The van der Waals surface area contributed by atoms with E-state index >= 15 is 0 Å². The van der Waals surface area contributed by atoms with E-state index in [-0.39, 0.29) is 11.5 Å². The van der Waals surface area contributed by atoms with E-state index in [0.717, 1.165) is 34.4 Å². The number of amides is 1. The number of hydrogen-bond donors (Lipinski definition) is 1. The van der Waals surface area contributed by atoms with Gasteiger partial charge in [0.1, 0.15) is 4.83 Å². The lowest BCUT2D eigenvalue weighted by molar-refractivity contribution is -0.115. The fraction of sp³-hybridized carbons (Fsp3) is 0.222. The Labute approximate surface area is 207 Å². The van der Waals surface area contributed by atoms with E-state index in [0.29, 0.717) is 21.9 Å². The number of carbonyl (C=O) groups excluding carboxylic acids is 1. The Morgan fingerprint density at radius 1 is 1.24 bits per heavy atom. The Morgan fingerprint density at radius 2 is 2.00 bits per heavy atom. The quantitative estimate of drug-likeness (QED) is 0.179. The Hall–Kier alpha value is -3.16. The van der Waals surface area contributed by atoms with Gasteiger partial charge in [-0.1, -0.05) is 73.3 Å². The molecule has 34 heavy (non-hydrogen) atoms. The number of nitrogens with one attached hydrogen (secondary N) is 1. The maximum absolute atomic E-state index is 13.5. The Balaban J connectivity index is 1.68. The van der Waals surface area contributed by atoms with Gasteiger partial charge in [0.15, 0.2) is 5.16 Å². The maximum Gasteiger partial charge on any atom is 0.263 e. The molecule has 1 N–H and O–H groups in total. The summed E-state index contributed by atoms with van der Waals surface area (Å²) in [5.74, 6) is -0.121. The van der Waals surface area contributed by atoms with Crippen LogP contribution < -0.4 is 10.9 Å². The first kappa shape index (κ1) is 24.0. The first-order chi connectivity index (χ1) is 16.4. The second kappa shape index (κ2) is 10.4. The summed E-state index contributed by atoms with van der Waals surface area (Å²) in [5, 5.41) is 5.73. The molecule has 4 aromatic rings. The molecule has 0 radical (unpaired) electrons. The van der Waals surface area contributed by atoms with Crippen LogP contribution in [-0.2, 0) is 17.8 Å². The molecular formula is C27H27N3O2S2. The molecule has 7 heteroatoms. The number of rotatable bonds is 8. The lowest BCUT2D eigenvalue weighted by Crippen LogP contribution is -2.27. The number of benzene rings is 2. The molecule has 0 spiro atoms. The number of para-hydroxylation sites is 1. The van der Waals surface area contributed by atoms with Crippen molar-refractivity contribution in [3.8, 4) is 11.1 Å². The molecule has 4 rings (SSSR count). The molecule has 0 aliphatic rings. The van der Waals surface area contributed by atoms with E-state index in [4.69, 9.17) is 4.98 Å². The minimum Gasteiger partial charge on any atom is -0.325 e. The van der Waals surface area contributed by atoms with Crippen LogP contribution in [0.25, 0.3) is 21.3 Å². The van der Waals surface area contributed by atoms with Gasteiger partial charge in [0.25, 0.3) is 5.56 Å². The van der Waals surface area contributed by atoms with Crippen LogP contribution in [0.15, 0.2) is 76.5 Å². The van der Waals surface area contributed by atoms with Crippen molar-refractivity contribution in [2.75, 3.05) is 5.32 Å². The van der Waals surface area contributed by atoms with Crippen LogP contribution in [0.3, 0.4) is 0 Å². The lowest BCUT2D eigenvalue weighted by Gasteiger charge is -2.17. The lowest BCUT2D eigenvalue weighted by atomic mass is 10.1. The number of carbonyl (C=O) groups is 1. The third-order valence-corrected chi connectivity index (χ3v) is 7.66. The molecule has 1 atom stereocenters. The molecule has 5 nitrogen and oxygen atoms in total. The van der Waals surface area contributed by atoms with Crippen LogP contribution in [0.5, 0.6) is 0 Å². The van der Waals surface area contributed by atoms with E-state index in [9.17, 15) is 9.59 Å². The fourth-order valence-electron chi connectivity index (χ4n) is 3.85. The molecule has 2 aromatic heterocycles. The second-order valence-electron chi connectivity index (χ2n) is 8.01. The standard InChI is InChI=1S/C27H27N3O2S2/c1-5-15-30-26(32)22-21(20-12-8-7-9-13-20)16-33-25(22)29-27(30)34-18(4)24(31)28-23-17(3)11-10-14-19(23)6-2/h5,7-14,16,18H,1,6,15H2,2-4H3,(H,28,31). The van der Waals surface area contributed by atoms with Crippen molar-refractivity contribution < 1.29 is 4.79 Å². The highest BCUT2D eigenvalue weighted by Gasteiger charge is 2.22. The second-order valence-corrected chi connectivity index (χ2v) is 10.2. The zero-order valence-corrected chi connectivity index (χ0v) is 21.1. The third-order valence-electron chi connectivity index (χ3n) is 5.69. The monoisotopic (exact) mass is 489 g/mol. The topological polar surface area (TPSA) is 64.0 Å². The van der Waals surface area contributed by atoms with Crippen LogP contribution in [0.4, 0.5) is 5.69 Å². The summed E-state index contributed by atoms with van der Waals surface area (Å²) < 4.78 is 1.61. The van der Waals surface area contributed by atoms with Crippen LogP contribution >= 0.6 is 23.1 Å². The Morgan fingerprint density at radius 3 is 2.71 bits per heavy atom. The van der Waals surface area contributed by atoms with Crippen molar-refractivity contribution >= 4 is 44.9 Å². The molecule has 0 saturated heterocycles. The van der Waals surface area contributed by atoms with Crippen molar-refractivity contribution in [3.63, 3.8) is 0 Å². The molecule has 0 aliphatic heterocycles. The van der Waals surface area contributed by atoms with Gasteiger partial charge in [-0.05, 0) is 37.0 Å².